The largest absolute Gasteiger partial charge is 0.351 e. The van der Waals surface area contributed by atoms with E-state index in [1.807, 2.05) is 0 Å². The third-order valence-corrected chi connectivity index (χ3v) is 3.94. The predicted molar refractivity (Wildman–Crippen MR) is 87.8 cm³/mol. The Morgan fingerprint density at radius 3 is 2.27 bits per heavy atom. The fourth-order valence-electron chi connectivity index (χ4n) is 2.12. The Labute approximate surface area is 136 Å². The lowest BCUT2D eigenvalue weighted by atomic mass is 10.1. The molecule has 1 saturated heterocycles. The van der Waals surface area contributed by atoms with Gasteiger partial charge >= 0.3 is 0 Å². The summed E-state index contributed by atoms with van der Waals surface area (Å²) in [6, 6.07) is 0. The van der Waals surface area contributed by atoms with E-state index in [9.17, 15) is 0 Å². The van der Waals surface area contributed by atoms with Crippen molar-refractivity contribution >= 4 is 0 Å². The van der Waals surface area contributed by atoms with Crippen LogP contribution in [0, 0.1) is 5.92 Å². The Balaban J connectivity index is 2.20. The Bertz CT molecular complexity index is 255. The highest BCUT2D eigenvalue weighted by atomic mass is 16.7. The lowest BCUT2D eigenvalue weighted by Crippen LogP contribution is -2.44. The molecule has 1 aliphatic heterocycles. The number of rotatable bonds is 12. The number of hydrogen-bond acceptors (Lipinski definition) is 5. The summed E-state index contributed by atoms with van der Waals surface area (Å²) in [6.07, 6.45) is 4.30. The van der Waals surface area contributed by atoms with Crippen LogP contribution in [0.25, 0.3) is 0 Å². The van der Waals surface area contributed by atoms with Crippen LogP contribution < -0.4 is 5.32 Å². The first-order chi connectivity index (χ1) is 10.7. The third-order valence-electron chi connectivity index (χ3n) is 3.94. The van der Waals surface area contributed by atoms with Crippen molar-refractivity contribution in [3.63, 3.8) is 0 Å². The summed E-state index contributed by atoms with van der Waals surface area (Å²) < 4.78 is 23.1. The molecule has 0 spiro atoms. The van der Waals surface area contributed by atoms with Gasteiger partial charge in [-0.2, -0.15) is 0 Å². The van der Waals surface area contributed by atoms with Crippen LogP contribution in [0.1, 0.15) is 53.4 Å². The maximum atomic E-state index is 5.81. The molecule has 1 heterocycles. The van der Waals surface area contributed by atoms with Crippen molar-refractivity contribution in [3.8, 4) is 0 Å². The molecule has 1 aliphatic rings. The van der Waals surface area contributed by atoms with Crippen molar-refractivity contribution in [2.75, 3.05) is 32.9 Å². The zero-order valence-electron chi connectivity index (χ0n) is 14.8. The van der Waals surface area contributed by atoms with Crippen LogP contribution in [-0.4, -0.2) is 51.6 Å². The van der Waals surface area contributed by atoms with E-state index in [-0.39, 0.29) is 18.7 Å². The summed E-state index contributed by atoms with van der Waals surface area (Å²) in [4.78, 5) is 0. The first-order valence-corrected chi connectivity index (χ1v) is 8.88. The quantitative estimate of drug-likeness (QED) is 0.443. The van der Waals surface area contributed by atoms with Crippen LogP contribution in [0.3, 0.4) is 0 Å². The molecular formula is C17H35NO4. The molecular weight excluding hydrogens is 282 g/mol. The zero-order chi connectivity index (χ0) is 16.2. The van der Waals surface area contributed by atoms with E-state index in [0.717, 1.165) is 45.5 Å². The normalized spacial score (nSPS) is 25.8. The molecule has 0 radical (unpaired) electrons. The van der Waals surface area contributed by atoms with Gasteiger partial charge in [-0.15, -0.1) is 0 Å². The molecule has 5 heteroatoms. The molecule has 0 aromatic rings. The molecule has 0 aliphatic carbocycles. The predicted octanol–water partition coefficient (Wildman–Crippen LogP) is 2.93. The first kappa shape index (κ1) is 19.8. The molecule has 1 rings (SSSR count). The minimum atomic E-state index is -0.182. The Morgan fingerprint density at radius 1 is 1.09 bits per heavy atom. The Hall–Kier alpha value is -0.200. The molecule has 0 bridgehead atoms. The van der Waals surface area contributed by atoms with Crippen molar-refractivity contribution in [3.05, 3.63) is 0 Å². The van der Waals surface area contributed by atoms with E-state index >= 15 is 0 Å². The molecule has 1 N–H and O–H groups in total. The van der Waals surface area contributed by atoms with Gasteiger partial charge in [-0.1, -0.05) is 33.6 Å². The fourth-order valence-corrected chi connectivity index (χ4v) is 2.12. The summed E-state index contributed by atoms with van der Waals surface area (Å²) in [5, 5.41) is 3.34. The van der Waals surface area contributed by atoms with Gasteiger partial charge in [0.25, 0.3) is 0 Å². The van der Waals surface area contributed by atoms with Gasteiger partial charge in [0.15, 0.2) is 12.6 Å². The number of hydrogen-bond donors (Lipinski definition) is 1. The second-order valence-electron chi connectivity index (χ2n) is 6.12. The van der Waals surface area contributed by atoms with Crippen molar-refractivity contribution in [2.24, 2.45) is 5.92 Å². The van der Waals surface area contributed by atoms with Crippen molar-refractivity contribution in [2.45, 2.75) is 72.1 Å². The van der Waals surface area contributed by atoms with E-state index in [4.69, 9.17) is 18.9 Å². The van der Waals surface area contributed by atoms with E-state index in [0.29, 0.717) is 19.0 Å². The number of ether oxygens (including phenoxy) is 4. The molecule has 0 aromatic carbocycles. The van der Waals surface area contributed by atoms with Crippen LogP contribution in [-0.2, 0) is 18.9 Å². The summed E-state index contributed by atoms with van der Waals surface area (Å²) >= 11 is 0. The van der Waals surface area contributed by atoms with E-state index in [2.05, 4.69) is 33.0 Å². The molecule has 1 fully saturated rings. The van der Waals surface area contributed by atoms with Crippen LogP contribution in [0.5, 0.6) is 0 Å². The third kappa shape index (κ3) is 8.44. The van der Waals surface area contributed by atoms with Gasteiger partial charge in [-0.05, 0) is 19.8 Å². The minimum absolute atomic E-state index is 0.168. The van der Waals surface area contributed by atoms with Crippen LogP contribution in [0.15, 0.2) is 0 Å². The van der Waals surface area contributed by atoms with Crippen LogP contribution >= 0.6 is 0 Å². The molecule has 132 valence electrons. The van der Waals surface area contributed by atoms with E-state index in [1.165, 1.54) is 0 Å². The lowest BCUT2D eigenvalue weighted by Gasteiger charge is -2.33. The topological polar surface area (TPSA) is 49.0 Å². The summed E-state index contributed by atoms with van der Waals surface area (Å²) in [6.45, 7) is 12.2. The average molecular weight is 317 g/mol. The molecule has 5 nitrogen and oxygen atoms in total. The second-order valence-corrected chi connectivity index (χ2v) is 6.12. The summed E-state index contributed by atoms with van der Waals surface area (Å²) in [5.74, 6) is 0.457. The maximum Gasteiger partial charge on any atom is 0.170 e. The first-order valence-electron chi connectivity index (χ1n) is 8.88. The molecule has 0 amide bonds. The number of nitrogens with one attached hydrogen (secondary N) is 1. The minimum Gasteiger partial charge on any atom is -0.351 e. The molecule has 0 aromatic heterocycles. The molecule has 3 unspecified atom stereocenters. The standard InChI is InChI=1S/C17H35NO4/c1-5-7-9-19-16(20-10-8-6-2)11-18-12-17-21-13-14(3)15(4)22-17/h14-18H,5-13H2,1-4H3. The second kappa shape index (κ2) is 12.3. The summed E-state index contributed by atoms with van der Waals surface area (Å²) in [5.41, 5.74) is 0. The molecule has 3 atom stereocenters. The van der Waals surface area contributed by atoms with E-state index in [1.54, 1.807) is 0 Å². The van der Waals surface area contributed by atoms with Gasteiger partial charge in [0, 0.05) is 32.2 Å². The van der Waals surface area contributed by atoms with Gasteiger partial charge in [-0.25, -0.2) is 0 Å². The highest BCUT2D eigenvalue weighted by molar-refractivity contribution is 4.68. The summed E-state index contributed by atoms with van der Waals surface area (Å²) in [7, 11) is 0. The van der Waals surface area contributed by atoms with Gasteiger partial charge < -0.3 is 24.3 Å². The van der Waals surface area contributed by atoms with Crippen molar-refractivity contribution in [1.29, 1.82) is 0 Å². The smallest absolute Gasteiger partial charge is 0.170 e. The van der Waals surface area contributed by atoms with Gasteiger partial charge in [0.2, 0.25) is 0 Å². The molecule has 0 saturated carbocycles. The van der Waals surface area contributed by atoms with Gasteiger partial charge in [0.05, 0.1) is 12.7 Å². The average Bonchev–Trinajstić information content (AvgIpc) is 2.51. The van der Waals surface area contributed by atoms with Crippen LogP contribution in [0.2, 0.25) is 0 Å². The highest BCUT2D eigenvalue weighted by Gasteiger charge is 2.25. The Morgan fingerprint density at radius 2 is 1.73 bits per heavy atom. The van der Waals surface area contributed by atoms with Gasteiger partial charge in [0.1, 0.15) is 0 Å². The van der Waals surface area contributed by atoms with Crippen molar-refractivity contribution < 1.29 is 18.9 Å². The SMILES string of the molecule is CCCCOC(CNCC1OCC(C)C(C)O1)OCCCC. The highest BCUT2D eigenvalue weighted by Crippen LogP contribution is 2.17. The Kier molecular flexibility index (Phi) is 11.1. The number of unbranched alkanes of at least 4 members (excludes halogenated alkanes) is 2. The fraction of sp³-hybridized carbons (Fsp3) is 1.00. The van der Waals surface area contributed by atoms with Gasteiger partial charge in [-0.3, -0.25) is 0 Å². The maximum absolute atomic E-state index is 5.81. The monoisotopic (exact) mass is 317 g/mol. The zero-order valence-corrected chi connectivity index (χ0v) is 14.8. The lowest BCUT2D eigenvalue weighted by molar-refractivity contribution is -0.226. The van der Waals surface area contributed by atoms with Crippen LogP contribution in [0.4, 0.5) is 0 Å². The van der Waals surface area contributed by atoms with E-state index < -0.39 is 0 Å². The van der Waals surface area contributed by atoms with Crippen molar-refractivity contribution in [1.82, 2.24) is 5.32 Å². The molecule has 22 heavy (non-hydrogen) atoms.